The second kappa shape index (κ2) is 12.6. The monoisotopic (exact) mass is 744 g/mol. The Balaban J connectivity index is 1.11. The largest absolute Gasteiger partial charge is 0.309 e. The molecule has 0 fully saturated rings. The van der Waals surface area contributed by atoms with Crippen LogP contribution in [0.3, 0.4) is 0 Å². The number of benzene rings is 8. The summed E-state index contributed by atoms with van der Waals surface area (Å²) in [4.78, 5) is 10.6. The lowest BCUT2D eigenvalue weighted by atomic mass is 9.97. The summed E-state index contributed by atoms with van der Waals surface area (Å²) in [6.07, 6.45) is 0. The SMILES string of the molecule is c1ccc(-c2nc3ccccc3n2-c2ccc(-c3cc(-c4nc5ccccc5c5sc6ccccc6c45)cc(-n4c5ccccc5c5ccccc54)c3)cc2)cc1. The van der Waals surface area contributed by atoms with Crippen LogP contribution in [0.1, 0.15) is 0 Å². The number of pyridine rings is 1. The zero-order valence-corrected chi connectivity index (χ0v) is 31.5. The van der Waals surface area contributed by atoms with Crippen LogP contribution >= 0.6 is 11.3 Å². The highest BCUT2D eigenvalue weighted by atomic mass is 32.1. The van der Waals surface area contributed by atoms with Gasteiger partial charge in [-0.15, -0.1) is 11.3 Å². The van der Waals surface area contributed by atoms with Crippen LogP contribution in [0.5, 0.6) is 0 Å². The molecule has 12 rings (SSSR count). The van der Waals surface area contributed by atoms with Crippen molar-refractivity contribution in [2.24, 2.45) is 0 Å². The Labute approximate surface area is 332 Å². The Kier molecular flexibility index (Phi) is 7.06. The average molecular weight is 745 g/mol. The van der Waals surface area contributed by atoms with Crippen molar-refractivity contribution in [3.05, 3.63) is 194 Å². The zero-order valence-electron chi connectivity index (χ0n) is 30.7. The smallest absolute Gasteiger partial charge is 0.145 e. The van der Waals surface area contributed by atoms with Crippen LogP contribution in [0.2, 0.25) is 0 Å². The maximum absolute atomic E-state index is 5.48. The highest BCUT2D eigenvalue weighted by Crippen LogP contribution is 2.44. The summed E-state index contributed by atoms with van der Waals surface area (Å²) in [5.41, 5.74) is 13.0. The second-order valence-corrected chi connectivity index (χ2v) is 15.6. The molecule has 0 bridgehead atoms. The van der Waals surface area contributed by atoms with E-state index in [0.717, 1.165) is 61.7 Å². The standard InChI is InChI=1S/C52H32N4S/c1-2-14-34(15-3-1)52-54-44-21-9-12-24-47(44)56(52)37-28-26-33(27-29-37)35-30-36(32-38(31-35)55-45-22-10-5-16-39(45)40-17-6-11-23-46(40)55)50-49-42-19-7-13-25-48(42)57-51(49)41-18-4-8-20-43(41)53-50/h1-32H. The molecule has 0 N–H and O–H groups in total. The van der Waals surface area contributed by atoms with Crippen molar-refractivity contribution in [1.29, 1.82) is 0 Å². The first-order chi connectivity index (χ1) is 28.3. The van der Waals surface area contributed by atoms with Gasteiger partial charge in [0.2, 0.25) is 0 Å². The van der Waals surface area contributed by atoms with Crippen LogP contribution in [0.25, 0.3) is 109 Å². The summed E-state index contributed by atoms with van der Waals surface area (Å²) >= 11 is 1.85. The highest BCUT2D eigenvalue weighted by Gasteiger charge is 2.20. The summed E-state index contributed by atoms with van der Waals surface area (Å²) < 4.78 is 7.22. The van der Waals surface area contributed by atoms with Gasteiger partial charge in [0, 0.05) is 58.8 Å². The van der Waals surface area contributed by atoms with Gasteiger partial charge in [-0.2, -0.15) is 0 Å². The molecule has 0 unspecified atom stereocenters. The number of imidazole rings is 1. The molecule has 0 atom stereocenters. The van der Waals surface area contributed by atoms with E-state index in [1.807, 2.05) is 17.4 Å². The lowest BCUT2D eigenvalue weighted by Crippen LogP contribution is -1.98. The molecule has 5 heteroatoms. The maximum Gasteiger partial charge on any atom is 0.145 e. The molecule has 0 aliphatic rings. The Morgan fingerprint density at radius 2 is 0.965 bits per heavy atom. The van der Waals surface area contributed by atoms with E-state index in [-0.39, 0.29) is 0 Å². The molecule has 12 aromatic rings. The van der Waals surface area contributed by atoms with Gasteiger partial charge in [-0.25, -0.2) is 9.97 Å². The molecule has 0 radical (unpaired) electrons. The summed E-state index contributed by atoms with van der Waals surface area (Å²) in [6, 6.07) is 69.5. The van der Waals surface area contributed by atoms with Gasteiger partial charge in [-0.3, -0.25) is 4.57 Å². The van der Waals surface area contributed by atoms with Gasteiger partial charge in [0.1, 0.15) is 5.82 Å². The fraction of sp³-hybridized carbons (Fsp3) is 0. The van der Waals surface area contributed by atoms with E-state index in [1.165, 1.54) is 47.4 Å². The lowest BCUT2D eigenvalue weighted by Gasteiger charge is -2.15. The number of para-hydroxylation sites is 5. The van der Waals surface area contributed by atoms with Crippen LogP contribution in [0, 0.1) is 0 Å². The molecular formula is C52H32N4S. The van der Waals surface area contributed by atoms with Crippen LogP contribution in [0.4, 0.5) is 0 Å². The molecule has 4 aromatic heterocycles. The summed E-state index contributed by atoms with van der Waals surface area (Å²) in [5.74, 6) is 0.926. The zero-order chi connectivity index (χ0) is 37.5. The number of thiophene rings is 1. The highest BCUT2D eigenvalue weighted by molar-refractivity contribution is 7.26. The van der Waals surface area contributed by atoms with Gasteiger partial charge in [-0.05, 0) is 77.9 Å². The molecule has 266 valence electrons. The Morgan fingerprint density at radius 3 is 1.72 bits per heavy atom. The number of fused-ring (bicyclic) bond motifs is 9. The lowest BCUT2D eigenvalue weighted by molar-refractivity contribution is 1.10. The van der Waals surface area contributed by atoms with Gasteiger partial charge < -0.3 is 4.57 Å². The van der Waals surface area contributed by atoms with E-state index < -0.39 is 0 Å². The molecule has 0 aliphatic heterocycles. The van der Waals surface area contributed by atoms with Crippen molar-refractivity contribution < 1.29 is 0 Å². The topological polar surface area (TPSA) is 35.6 Å². The summed E-state index contributed by atoms with van der Waals surface area (Å²) in [5, 5.41) is 6.10. The van der Waals surface area contributed by atoms with Crippen LogP contribution < -0.4 is 0 Å². The van der Waals surface area contributed by atoms with E-state index in [0.29, 0.717) is 0 Å². The minimum absolute atomic E-state index is 0.926. The van der Waals surface area contributed by atoms with E-state index in [2.05, 4.69) is 197 Å². The molecule has 4 heterocycles. The predicted octanol–water partition coefficient (Wildman–Crippen LogP) is 14.0. The average Bonchev–Trinajstić information content (AvgIpc) is 3.97. The maximum atomic E-state index is 5.48. The first-order valence-electron chi connectivity index (χ1n) is 19.2. The molecule has 0 saturated carbocycles. The Morgan fingerprint density at radius 1 is 0.368 bits per heavy atom. The van der Waals surface area contributed by atoms with E-state index in [4.69, 9.17) is 9.97 Å². The van der Waals surface area contributed by atoms with Gasteiger partial charge in [0.05, 0.1) is 33.3 Å². The van der Waals surface area contributed by atoms with Gasteiger partial charge in [0.15, 0.2) is 0 Å². The van der Waals surface area contributed by atoms with Crippen molar-refractivity contribution >= 4 is 75.3 Å². The van der Waals surface area contributed by atoms with Crippen molar-refractivity contribution in [3.63, 3.8) is 0 Å². The molecule has 4 nitrogen and oxygen atoms in total. The van der Waals surface area contributed by atoms with E-state index >= 15 is 0 Å². The molecule has 0 spiro atoms. The third-order valence-electron chi connectivity index (χ3n) is 11.3. The van der Waals surface area contributed by atoms with Crippen molar-refractivity contribution in [2.45, 2.75) is 0 Å². The van der Waals surface area contributed by atoms with Crippen molar-refractivity contribution in [2.75, 3.05) is 0 Å². The molecule has 0 saturated heterocycles. The van der Waals surface area contributed by atoms with Crippen LogP contribution in [-0.4, -0.2) is 19.1 Å². The molecule has 8 aromatic carbocycles. The van der Waals surface area contributed by atoms with Crippen LogP contribution in [-0.2, 0) is 0 Å². The minimum atomic E-state index is 0.926. The number of aromatic nitrogens is 4. The van der Waals surface area contributed by atoms with Crippen molar-refractivity contribution in [1.82, 2.24) is 19.1 Å². The first-order valence-corrected chi connectivity index (χ1v) is 20.1. The predicted molar refractivity (Wildman–Crippen MR) is 240 cm³/mol. The Hall–Kier alpha value is -7.34. The fourth-order valence-electron chi connectivity index (χ4n) is 8.73. The first kappa shape index (κ1) is 32.0. The number of rotatable bonds is 5. The molecule has 0 amide bonds. The summed E-state index contributed by atoms with van der Waals surface area (Å²) in [7, 11) is 0. The molecular weight excluding hydrogens is 713 g/mol. The normalized spacial score (nSPS) is 11.9. The number of hydrogen-bond acceptors (Lipinski definition) is 3. The number of nitrogens with zero attached hydrogens (tertiary/aromatic N) is 4. The third-order valence-corrected chi connectivity index (χ3v) is 12.5. The summed E-state index contributed by atoms with van der Waals surface area (Å²) in [6.45, 7) is 0. The molecule has 57 heavy (non-hydrogen) atoms. The van der Waals surface area contributed by atoms with E-state index in [9.17, 15) is 0 Å². The minimum Gasteiger partial charge on any atom is -0.309 e. The van der Waals surface area contributed by atoms with Gasteiger partial charge in [0.25, 0.3) is 0 Å². The second-order valence-electron chi connectivity index (χ2n) is 14.6. The Bertz CT molecular complexity index is 3460. The van der Waals surface area contributed by atoms with Crippen molar-refractivity contribution in [3.8, 4) is 45.1 Å². The number of hydrogen-bond donors (Lipinski definition) is 0. The fourth-order valence-corrected chi connectivity index (χ4v) is 9.97. The quantitative estimate of drug-likeness (QED) is 0.176. The molecule has 0 aliphatic carbocycles. The van der Waals surface area contributed by atoms with Crippen LogP contribution in [0.15, 0.2) is 194 Å². The van der Waals surface area contributed by atoms with E-state index in [1.54, 1.807) is 0 Å². The van der Waals surface area contributed by atoms with Gasteiger partial charge in [-0.1, -0.05) is 127 Å². The van der Waals surface area contributed by atoms with Gasteiger partial charge >= 0.3 is 0 Å². The third kappa shape index (κ3) is 4.99.